The van der Waals surface area contributed by atoms with E-state index in [0.29, 0.717) is 60.8 Å². The lowest BCUT2D eigenvalue weighted by Crippen LogP contribution is -2.33. The van der Waals surface area contributed by atoms with Crippen LogP contribution in [0.25, 0.3) is 0 Å². The van der Waals surface area contributed by atoms with Crippen molar-refractivity contribution in [3.8, 4) is 23.0 Å². The van der Waals surface area contributed by atoms with Gasteiger partial charge in [-0.1, -0.05) is 63.1 Å². The summed E-state index contributed by atoms with van der Waals surface area (Å²) in [4.78, 5) is 26.7. The van der Waals surface area contributed by atoms with Gasteiger partial charge < -0.3 is 86.1 Å². The Bertz CT molecular complexity index is 2260. The van der Waals surface area contributed by atoms with Crippen molar-refractivity contribution in [3.63, 3.8) is 0 Å². The number of aliphatic imine (C=N–C) groups is 6. The Kier molecular flexibility index (Phi) is 38.0. The van der Waals surface area contributed by atoms with Crippen molar-refractivity contribution in [3.05, 3.63) is 123 Å². The quantitative estimate of drug-likeness (QED) is 0.0308. The topological polar surface area (TPSA) is 425 Å². The fraction of sp³-hybridized carbons (Fsp3) is 0.308. The van der Waals surface area contributed by atoms with E-state index in [1.54, 1.807) is 46.2 Å². The van der Waals surface area contributed by atoms with Crippen molar-refractivity contribution < 1.29 is 18.9 Å². The second-order valence-corrected chi connectivity index (χ2v) is 14.4. The van der Waals surface area contributed by atoms with E-state index in [1.807, 2.05) is 88.4 Å². The minimum absolute atomic E-state index is 0.0467. The molecule has 416 valence electrons. The molecule has 4 rings (SSSR count). The summed E-state index contributed by atoms with van der Waals surface area (Å²) < 4.78 is 21.7. The second kappa shape index (κ2) is 42.1. The van der Waals surface area contributed by atoms with E-state index in [0.717, 1.165) is 50.1 Å². The van der Waals surface area contributed by atoms with E-state index in [2.05, 4.69) is 70.1 Å². The summed E-state index contributed by atoms with van der Waals surface area (Å²) in [6.07, 6.45) is 4.07. The van der Waals surface area contributed by atoms with Crippen LogP contribution in [0.3, 0.4) is 0 Å². The number of nitrogens with one attached hydrogen (secondary N) is 2. The number of anilines is 2. The molecule has 0 atom stereocenters. The zero-order valence-corrected chi connectivity index (χ0v) is 45.1. The molecule has 0 aromatic heterocycles. The van der Waals surface area contributed by atoms with Crippen LogP contribution >= 0.6 is 0 Å². The minimum atomic E-state index is -0.153. The van der Waals surface area contributed by atoms with Crippen LogP contribution in [0, 0.1) is 10.8 Å². The van der Waals surface area contributed by atoms with Crippen molar-refractivity contribution in [1.82, 2.24) is 0 Å². The zero-order valence-electron chi connectivity index (χ0n) is 45.1. The highest BCUT2D eigenvalue weighted by Crippen LogP contribution is 2.33. The number of nitrogens with two attached hydrogens (primary N) is 10. The van der Waals surface area contributed by atoms with Gasteiger partial charge in [0.05, 0.1) is 26.4 Å². The third kappa shape index (κ3) is 30.4. The molecule has 0 saturated heterocycles. The maximum atomic E-state index is 7.87. The molecule has 4 aromatic rings. The third-order valence-corrected chi connectivity index (χ3v) is 8.63. The first kappa shape index (κ1) is 68.6. The van der Waals surface area contributed by atoms with E-state index in [1.165, 1.54) is 0 Å². The van der Waals surface area contributed by atoms with Crippen LogP contribution < -0.4 is 86.1 Å². The molecule has 0 radical (unpaired) electrons. The van der Waals surface area contributed by atoms with Gasteiger partial charge in [0.15, 0.2) is 23.8 Å². The van der Waals surface area contributed by atoms with E-state index in [9.17, 15) is 0 Å². The molecule has 0 saturated carbocycles. The highest BCUT2D eigenvalue weighted by molar-refractivity contribution is 6.02. The lowest BCUT2D eigenvalue weighted by molar-refractivity contribution is 0.331. The summed E-state index contributed by atoms with van der Waals surface area (Å²) in [7, 11) is 0. The van der Waals surface area contributed by atoms with Crippen LogP contribution in [0.1, 0.15) is 67.2 Å². The maximum absolute atomic E-state index is 7.87. The molecule has 0 spiro atoms. The van der Waals surface area contributed by atoms with Gasteiger partial charge in [-0.05, 0) is 89.1 Å². The van der Waals surface area contributed by atoms with Gasteiger partial charge in [0.1, 0.15) is 34.4 Å². The number of rotatable bonds is 18. The van der Waals surface area contributed by atoms with Gasteiger partial charge in [0.2, 0.25) is 23.8 Å². The highest BCUT2D eigenvalue weighted by atomic mass is 16.5. The van der Waals surface area contributed by atoms with E-state index in [4.69, 9.17) is 87.1 Å². The first-order chi connectivity index (χ1) is 36.4. The summed E-state index contributed by atoms with van der Waals surface area (Å²) in [6, 6.07) is 29.9. The van der Waals surface area contributed by atoms with Crippen molar-refractivity contribution in [2.75, 3.05) is 49.3 Å². The number of unbranched alkanes of at least 4 members (excludes halogenated alkanes) is 2. The van der Waals surface area contributed by atoms with E-state index < -0.39 is 0 Å². The van der Waals surface area contributed by atoms with E-state index in [-0.39, 0.29) is 47.7 Å². The van der Waals surface area contributed by atoms with Crippen LogP contribution in [-0.2, 0) is 0 Å². The predicted octanol–water partition coefficient (Wildman–Crippen LogP) is 6.01. The second-order valence-electron chi connectivity index (χ2n) is 14.4. The molecular weight excluding hydrogens is 969 g/mol. The minimum Gasteiger partial charge on any atom is -0.494 e. The van der Waals surface area contributed by atoms with Crippen molar-refractivity contribution >= 4 is 70.4 Å². The Morgan fingerprint density at radius 3 is 1.00 bits per heavy atom. The first-order valence-electron chi connectivity index (χ1n) is 24.1. The molecule has 76 heavy (non-hydrogen) atoms. The molecule has 0 fully saturated rings. The number of ether oxygens (including phenoxy) is 4. The van der Waals surface area contributed by atoms with Crippen LogP contribution in [0.2, 0.25) is 0 Å². The van der Waals surface area contributed by atoms with Gasteiger partial charge in [-0.15, -0.1) is 26.3 Å². The molecule has 24 heteroatoms. The first-order valence-corrected chi connectivity index (χ1v) is 24.1. The standard InChI is InChI=1S/2C12H19N5O2.2C12H19N5.2C2H4/c2*1-3-18-8-5-6-10(19-4-2)9(7-8)16-12(15)17-11(13)14;2*1-2-3-9-17(12(15)16-11(13)14)10-7-5-4-6-8-10;2*1-2/h2*5-7H,3-4H2,1-2H3,(H6,13,14,15,16,17);2*4-8H,2-3,9H2,1H3,(H5,13,14,15,16);2*1-2H2. The lowest BCUT2D eigenvalue weighted by Gasteiger charge is -2.22. The molecule has 0 aliphatic rings. The molecular formula is C52H84N20O4. The van der Waals surface area contributed by atoms with Crippen molar-refractivity contribution in [2.45, 2.75) is 67.2 Å². The van der Waals surface area contributed by atoms with Gasteiger partial charge in [-0.3, -0.25) is 10.8 Å². The third-order valence-electron chi connectivity index (χ3n) is 8.63. The fourth-order valence-electron chi connectivity index (χ4n) is 5.73. The van der Waals surface area contributed by atoms with Crippen LogP contribution in [0.5, 0.6) is 23.0 Å². The predicted molar refractivity (Wildman–Crippen MR) is 319 cm³/mol. The Balaban J connectivity index is 0. The number of nitrogens with zero attached hydrogens (tertiary/aromatic N) is 8. The summed E-state index contributed by atoms with van der Waals surface area (Å²) in [5.41, 5.74) is 56.2. The van der Waals surface area contributed by atoms with Gasteiger partial charge in [-0.25, -0.2) is 9.98 Å². The Hall–Kier alpha value is -9.48. The Morgan fingerprint density at radius 2 is 0.737 bits per heavy atom. The van der Waals surface area contributed by atoms with E-state index >= 15 is 0 Å². The maximum Gasteiger partial charge on any atom is 0.225 e. The molecule has 0 amide bonds. The lowest BCUT2D eigenvalue weighted by atomic mass is 10.2. The van der Waals surface area contributed by atoms with Crippen molar-refractivity contribution in [1.29, 1.82) is 10.8 Å². The molecule has 24 nitrogen and oxygen atoms in total. The van der Waals surface area contributed by atoms with Crippen LogP contribution in [-0.4, -0.2) is 87.2 Å². The summed E-state index contributed by atoms with van der Waals surface area (Å²) in [5, 5.41) is 15.7. The summed E-state index contributed by atoms with van der Waals surface area (Å²) in [5.74, 6) is 2.07. The van der Waals surface area contributed by atoms with Crippen LogP contribution in [0.15, 0.2) is 153 Å². The number of benzene rings is 4. The average Bonchev–Trinajstić information content (AvgIpc) is 3.37. The molecule has 0 bridgehead atoms. The summed E-state index contributed by atoms with van der Waals surface area (Å²) >= 11 is 0. The number of hydrogen-bond donors (Lipinski definition) is 12. The molecule has 22 N–H and O–H groups in total. The molecule has 0 aliphatic heterocycles. The number of guanidine groups is 8. The summed E-state index contributed by atoms with van der Waals surface area (Å²) in [6.45, 7) is 27.4. The Morgan fingerprint density at radius 1 is 0.434 bits per heavy atom. The van der Waals surface area contributed by atoms with Gasteiger partial charge in [0.25, 0.3) is 0 Å². The van der Waals surface area contributed by atoms with Crippen LogP contribution in [0.4, 0.5) is 22.7 Å². The highest BCUT2D eigenvalue weighted by Gasteiger charge is 2.13. The molecule has 0 heterocycles. The fourth-order valence-corrected chi connectivity index (χ4v) is 5.73. The molecule has 0 unspecified atom stereocenters. The SMILES string of the molecule is C=C.C=C.CCCCN(C(=N)N=C(N)N)c1ccccc1.CCCCN(C(=N)N=C(N)N)c1ccccc1.CCOc1ccc(OCC)c(N=C(N)N=C(N)N)c1.CCOc1ccc(OCC)c(N=C(N)N=C(N)N)c1. The average molecular weight is 1050 g/mol. The smallest absolute Gasteiger partial charge is 0.225 e. The monoisotopic (exact) mass is 1050 g/mol. The van der Waals surface area contributed by atoms with Gasteiger partial charge >= 0.3 is 0 Å². The number of para-hydroxylation sites is 2. The zero-order chi connectivity index (χ0) is 57.8. The number of hydrogen-bond acceptors (Lipinski definition) is 8. The Labute approximate surface area is 449 Å². The molecule has 4 aromatic carbocycles. The normalized spacial score (nSPS) is 9.92. The molecule has 0 aliphatic carbocycles. The largest absolute Gasteiger partial charge is 0.494 e. The van der Waals surface area contributed by atoms with Gasteiger partial charge in [-0.2, -0.15) is 20.0 Å². The van der Waals surface area contributed by atoms with Crippen molar-refractivity contribution in [2.24, 2.45) is 87.3 Å². The van der Waals surface area contributed by atoms with Gasteiger partial charge in [0, 0.05) is 36.6 Å².